The third kappa shape index (κ3) is 3.96. The number of sulfonamides is 1. The van der Waals surface area contributed by atoms with Gasteiger partial charge in [0.15, 0.2) is 0 Å². The van der Waals surface area contributed by atoms with Gasteiger partial charge in [0.25, 0.3) is 0 Å². The second kappa shape index (κ2) is 6.34. The van der Waals surface area contributed by atoms with Gasteiger partial charge < -0.3 is 5.11 Å². The third-order valence-corrected chi connectivity index (χ3v) is 5.65. The van der Waals surface area contributed by atoms with E-state index in [2.05, 4.69) is 11.6 Å². The van der Waals surface area contributed by atoms with Gasteiger partial charge in [-0.05, 0) is 49.8 Å². The monoisotopic (exact) mass is 331 g/mol. The first kappa shape index (κ1) is 16.3. The number of hydrogen-bond acceptors (Lipinski definition) is 3. The second-order valence-electron chi connectivity index (χ2n) is 5.52. The number of halogens is 1. The average Bonchev–Trinajstić information content (AvgIpc) is 2.40. The molecule has 0 atom stereocenters. The fourth-order valence-electron chi connectivity index (χ4n) is 2.50. The Morgan fingerprint density at radius 1 is 1.29 bits per heavy atom. The van der Waals surface area contributed by atoms with Gasteiger partial charge in [-0.15, -0.1) is 0 Å². The highest BCUT2D eigenvalue weighted by Crippen LogP contribution is 2.26. The summed E-state index contributed by atoms with van der Waals surface area (Å²) >= 11 is 5.82. The first-order chi connectivity index (χ1) is 9.79. The Bertz CT molecular complexity index is 636. The molecular weight excluding hydrogens is 314 g/mol. The Kier molecular flexibility index (Phi) is 4.91. The standard InChI is InChI=1S/C14H18ClNO4S/c1-9-2-4-10(5-3-9)16-21(19,20)11-6-7-12(14(17)18)13(15)8-11/h6-10,16H,2-5H2,1H3,(H,17,18). The fourth-order valence-corrected chi connectivity index (χ4v) is 4.16. The number of carboxylic acids is 1. The Hall–Kier alpha value is -1.11. The lowest BCUT2D eigenvalue weighted by Crippen LogP contribution is -2.37. The molecule has 1 aromatic carbocycles. The summed E-state index contributed by atoms with van der Waals surface area (Å²) in [5.74, 6) is -0.548. The smallest absolute Gasteiger partial charge is 0.337 e. The Balaban J connectivity index is 2.16. The minimum atomic E-state index is -3.67. The molecule has 7 heteroatoms. The number of benzene rings is 1. The molecular formula is C14H18ClNO4S. The summed E-state index contributed by atoms with van der Waals surface area (Å²) in [7, 11) is -3.67. The molecule has 116 valence electrons. The van der Waals surface area contributed by atoms with Crippen molar-refractivity contribution in [1.29, 1.82) is 0 Å². The first-order valence-corrected chi connectivity index (χ1v) is 8.71. The highest BCUT2D eigenvalue weighted by atomic mass is 35.5. The number of carbonyl (C=O) groups is 1. The van der Waals surface area contributed by atoms with Gasteiger partial charge in [0.05, 0.1) is 15.5 Å². The minimum absolute atomic E-state index is 0.00359. The van der Waals surface area contributed by atoms with Crippen LogP contribution in [0.4, 0.5) is 0 Å². The molecule has 2 N–H and O–H groups in total. The molecule has 1 aromatic rings. The Labute approximate surface area is 129 Å². The van der Waals surface area contributed by atoms with Crippen molar-refractivity contribution in [3.63, 3.8) is 0 Å². The molecule has 0 bridgehead atoms. The number of hydrogen-bond donors (Lipinski definition) is 2. The number of carboxylic acid groups (broad SMARTS) is 1. The molecule has 1 saturated carbocycles. The summed E-state index contributed by atoms with van der Waals surface area (Å²) in [4.78, 5) is 10.9. The molecule has 0 amide bonds. The van der Waals surface area contributed by atoms with E-state index in [1.807, 2.05) is 0 Å². The SMILES string of the molecule is CC1CCC(NS(=O)(=O)c2ccc(C(=O)O)c(Cl)c2)CC1. The summed E-state index contributed by atoms with van der Waals surface area (Å²) in [5, 5.41) is 8.81. The predicted molar refractivity (Wildman–Crippen MR) is 80.2 cm³/mol. The van der Waals surface area contributed by atoms with Gasteiger partial charge in [-0.2, -0.15) is 0 Å². The van der Waals surface area contributed by atoms with E-state index in [0.29, 0.717) is 5.92 Å². The lowest BCUT2D eigenvalue weighted by molar-refractivity contribution is 0.0697. The molecule has 0 heterocycles. The highest BCUT2D eigenvalue weighted by molar-refractivity contribution is 7.89. The van der Waals surface area contributed by atoms with Crippen LogP contribution in [0.3, 0.4) is 0 Å². The summed E-state index contributed by atoms with van der Waals surface area (Å²) in [5.41, 5.74) is -0.109. The molecule has 5 nitrogen and oxygen atoms in total. The van der Waals surface area contributed by atoms with Crippen molar-refractivity contribution in [1.82, 2.24) is 4.72 Å². The fraction of sp³-hybridized carbons (Fsp3) is 0.500. The maximum atomic E-state index is 12.3. The van der Waals surface area contributed by atoms with Gasteiger partial charge in [-0.25, -0.2) is 17.9 Å². The van der Waals surface area contributed by atoms with Crippen LogP contribution in [0.5, 0.6) is 0 Å². The van der Waals surface area contributed by atoms with Crippen LogP contribution in [0, 0.1) is 5.92 Å². The van der Waals surface area contributed by atoms with E-state index in [1.54, 1.807) is 0 Å². The van der Waals surface area contributed by atoms with Crippen LogP contribution in [-0.4, -0.2) is 25.5 Å². The zero-order valence-electron chi connectivity index (χ0n) is 11.7. The largest absolute Gasteiger partial charge is 0.478 e. The lowest BCUT2D eigenvalue weighted by atomic mass is 9.88. The van der Waals surface area contributed by atoms with Crippen LogP contribution < -0.4 is 4.72 Å². The molecule has 0 radical (unpaired) electrons. The van der Waals surface area contributed by atoms with Crippen LogP contribution in [0.2, 0.25) is 5.02 Å². The molecule has 1 aliphatic carbocycles. The van der Waals surface area contributed by atoms with Gasteiger partial charge in [0.2, 0.25) is 10.0 Å². The minimum Gasteiger partial charge on any atom is -0.478 e. The normalized spacial score (nSPS) is 23.0. The van der Waals surface area contributed by atoms with Gasteiger partial charge in [-0.1, -0.05) is 18.5 Å². The van der Waals surface area contributed by atoms with E-state index in [-0.39, 0.29) is 21.5 Å². The van der Waals surface area contributed by atoms with E-state index in [1.165, 1.54) is 18.2 Å². The van der Waals surface area contributed by atoms with E-state index >= 15 is 0 Å². The molecule has 0 unspecified atom stereocenters. The number of aromatic carboxylic acids is 1. The van der Waals surface area contributed by atoms with Crippen LogP contribution in [0.15, 0.2) is 23.1 Å². The Morgan fingerprint density at radius 2 is 1.90 bits per heavy atom. The van der Waals surface area contributed by atoms with Crippen LogP contribution in [0.1, 0.15) is 43.0 Å². The van der Waals surface area contributed by atoms with Gasteiger partial charge in [0, 0.05) is 6.04 Å². The number of rotatable bonds is 4. The van der Waals surface area contributed by atoms with Crippen molar-refractivity contribution in [2.24, 2.45) is 5.92 Å². The molecule has 1 fully saturated rings. The molecule has 1 aliphatic rings. The third-order valence-electron chi connectivity index (χ3n) is 3.82. The molecule has 0 aromatic heterocycles. The van der Waals surface area contributed by atoms with E-state index in [9.17, 15) is 13.2 Å². The van der Waals surface area contributed by atoms with E-state index < -0.39 is 16.0 Å². The van der Waals surface area contributed by atoms with Crippen molar-refractivity contribution in [2.75, 3.05) is 0 Å². The van der Waals surface area contributed by atoms with E-state index in [0.717, 1.165) is 25.7 Å². The lowest BCUT2D eigenvalue weighted by Gasteiger charge is -2.26. The van der Waals surface area contributed by atoms with Crippen molar-refractivity contribution >= 4 is 27.6 Å². The van der Waals surface area contributed by atoms with Crippen molar-refractivity contribution in [3.8, 4) is 0 Å². The summed E-state index contributed by atoms with van der Waals surface area (Å²) in [6, 6.07) is 3.59. The van der Waals surface area contributed by atoms with Gasteiger partial charge >= 0.3 is 5.97 Å². The van der Waals surface area contributed by atoms with Crippen molar-refractivity contribution < 1.29 is 18.3 Å². The van der Waals surface area contributed by atoms with Crippen LogP contribution in [-0.2, 0) is 10.0 Å². The second-order valence-corrected chi connectivity index (χ2v) is 7.65. The maximum Gasteiger partial charge on any atom is 0.337 e. The van der Waals surface area contributed by atoms with E-state index in [4.69, 9.17) is 16.7 Å². The molecule has 21 heavy (non-hydrogen) atoms. The summed E-state index contributed by atoms with van der Waals surface area (Å²) in [6.07, 6.45) is 3.65. The zero-order valence-corrected chi connectivity index (χ0v) is 13.2. The van der Waals surface area contributed by atoms with Crippen molar-refractivity contribution in [2.45, 2.75) is 43.5 Å². The average molecular weight is 332 g/mol. The zero-order chi connectivity index (χ0) is 15.6. The Morgan fingerprint density at radius 3 is 2.43 bits per heavy atom. The van der Waals surface area contributed by atoms with Gasteiger partial charge in [-0.3, -0.25) is 0 Å². The topological polar surface area (TPSA) is 83.5 Å². The predicted octanol–water partition coefficient (Wildman–Crippen LogP) is 2.90. The van der Waals surface area contributed by atoms with Crippen LogP contribution >= 0.6 is 11.6 Å². The molecule has 0 aliphatic heterocycles. The highest BCUT2D eigenvalue weighted by Gasteiger charge is 2.25. The first-order valence-electron chi connectivity index (χ1n) is 6.85. The molecule has 2 rings (SSSR count). The molecule has 0 spiro atoms. The number of nitrogens with one attached hydrogen (secondary N) is 1. The van der Waals surface area contributed by atoms with Crippen molar-refractivity contribution in [3.05, 3.63) is 28.8 Å². The summed E-state index contributed by atoms with van der Waals surface area (Å²) < 4.78 is 27.3. The van der Waals surface area contributed by atoms with Crippen LogP contribution in [0.25, 0.3) is 0 Å². The molecule has 0 saturated heterocycles. The van der Waals surface area contributed by atoms with Gasteiger partial charge in [0.1, 0.15) is 0 Å². The summed E-state index contributed by atoms with van der Waals surface area (Å²) in [6.45, 7) is 2.16. The maximum absolute atomic E-state index is 12.3. The quantitative estimate of drug-likeness (QED) is 0.888.